The molecule has 0 aliphatic heterocycles. The Labute approximate surface area is 102 Å². The van der Waals surface area contributed by atoms with E-state index in [4.69, 9.17) is 13.6 Å². The Hall–Kier alpha value is -0.420. The van der Waals surface area contributed by atoms with Crippen molar-refractivity contribution in [1.82, 2.24) is 0 Å². The Morgan fingerprint density at radius 2 is 1.59 bits per heavy atom. The minimum absolute atomic E-state index is 0.239. The van der Waals surface area contributed by atoms with E-state index >= 15 is 0 Å². The lowest BCUT2D eigenvalue weighted by Crippen LogP contribution is -2.16. The van der Waals surface area contributed by atoms with Crippen LogP contribution in [0.15, 0.2) is 0 Å². The van der Waals surface area contributed by atoms with E-state index in [1.165, 1.54) is 0 Å². The quantitative estimate of drug-likeness (QED) is 0.497. The van der Waals surface area contributed by atoms with E-state index in [9.17, 15) is 9.36 Å². The van der Waals surface area contributed by atoms with Gasteiger partial charge in [0.1, 0.15) is 0 Å². The Morgan fingerprint density at radius 3 is 1.94 bits per heavy atom. The van der Waals surface area contributed by atoms with Gasteiger partial charge in [-0.25, -0.2) is 9.36 Å². The minimum Gasteiger partial charge on any atom is -0.464 e. The fourth-order valence-electron chi connectivity index (χ4n) is 0.937. The Kier molecular flexibility index (Phi) is 7.63. The van der Waals surface area contributed by atoms with Gasteiger partial charge in [-0.15, -0.1) is 0 Å². The zero-order chi connectivity index (χ0) is 13.5. The van der Waals surface area contributed by atoms with Crippen LogP contribution in [-0.2, 0) is 27.7 Å². The molecular formula is C10H21O6P. The van der Waals surface area contributed by atoms with E-state index in [0.29, 0.717) is 0 Å². The van der Waals surface area contributed by atoms with Crippen molar-refractivity contribution in [2.75, 3.05) is 13.2 Å². The van der Waals surface area contributed by atoms with Crippen molar-refractivity contribution in [3.05, 3.63) is 0 Å². The van der Waals surface area contributed by atoms with Crippen LogP contribution >= 0.6 is 7.82 Å². The molecule has 6 nitrogen and oxygen atoms in total. The first-order valence-corrected chi connectivity index (χ1v) is 7.02. The summed E-state index contributed by atoms with van der Waals surface area (Å²) in [6, 6.07) is 0. The number of phosphoric acid groups is 1. The third-order valence-corrected chi connectivity index (χ3v) is 3.13. The van der Waals surface area contributed by atoms with Crippen LogP contribution < -0.4 is 0 Å². The zero-order valence-electron chi connectivity index (χ0n) is 11.0. The van der Waals surface area contributed by atoms with Gasteiger partial charge >= 0.3 is 13.8 Å². The maximum Gasteiger partial charge on any atom is 0.475 e. The fraction of sp³-hybridized carbons (Fsp3) is 0.900. The largest absolute Gasteiger partial charge is 0.475 e. The van der Waals surface area contributed by atoms with Crippen LogP contribution in [0, 0.1) is 0 Å². The van der Waals surface area contributed by atoms with Crippen molar-refractivity contribution < 1.29 is 27.7 Å². The molecule has 17 heavy (non-hydrogen) atoms. The molecule has 0 aromatic heterocycles. The summed E-state index contributed by atoms with van der Waals surface area (Å²) >= 11 is 0. The van der Waals surface area contributed by atoms with Crippen LogP contribution in [0.1, 0.15) is 34.6 Å². The summed E-state index contributed by atoms with van der Waals surface area (Å²) in [6.07, 6.45) is -0.663. The van der Waals surface area contributed by atoms with Crippen LogP contribution in [0.2, 0.25) is 0 Å². The molecule has 0 saturated heterocycles. The van der Waals surface area contributed by atoms with Gasteiger partial charge in [-0.3, -0.25) is 13.6 Å². The maximum atomic E-state index is 12.1. The second kappa shape index (κ2) is 7.82. The minimum atomic E-state index is -3.71. The van der Waals surface area contributed by atoms with Crippen LogP contribution in [0.25, 0.3) is 0 Å². The average Bonchev–Trinajstić information content (AvgIpc) is 2.12. The van der Waals surface area contributed by atoms with Crippen molar-refractivity contribution in [3.8, 4) is 0 Å². The lowest BCUT2D eigenvalue weighted by atomic mass is 10.5. The molecule has 0 aromatic carbocycles. The molecule has 0 radical (unpaired) electrons. The van der Waals surface area contributed by atoms with Crippen molar-refractivity contribution >= 4 is 13.8 Å². The van der Waals surface area contributed by atoms with E-state index in [2.05, 4.69) is 4.74 Å². The summed E-state index contributed by atoms with van der Waals surface area (Å²) in [4.78, 5) is 11.1. The van der Waals surface area contributed by atoms with E-state index in [1.54, 1.807) is 34.6 Å². The molecular weight excluding hydrogens is 247 g/mol. The molecule has 0 aliphatic carbocycles. The van der Waals surface area contributed by atoms with Gasteiger partial charge in [0.15, 0.2) is 6.61 Å². The molecule has 0 amide bonds. The Balaban J connectivity index is 4.38. The van der Waals surface area contributed by atoms with Crippen LogP contribution in [0.5, 0.6) is 0 Å². The number of phosphoric ester groups is 1. The first-order chi connectivity index (χ1) is 7.79. The van der Waals surface area contributed by atoms with E-state index in [1.807, 2.05) is 0 Å². The predicted octanol–water partition coefficient (Wildman–Crippen LogP) is 2.52. The molecule has 7 heteroatoms. The second-order valence-corrected chi connectivity index (χ2v) is 5.41. The van der Waals surface area contributed by atoms with Gasteiger partial charge < -0.3 is 4.74 Å². The number of hydrogen-bond donors (Lipinski definition) is 0. The standard InChI is InChI=1S/C10H21O6P/c1-6-13-10(11)7-14-17(12,15-8(2)3)16-9(4)5/h8-9H,6-7H2,1-5H3. The number of carbonyl (C=O) groups excluding carboxylic acids is 1. The normalized spacial score (nSPS) is 12.2. The molecule has 0 saturated carbocycles. The van der Waals surface area contributed by atoms with Gasteiger partial charge in [-0.1, -0.05) is 0 Å². The molecule has 0 atom stereocenters. The highest BCUT2D eigenvalue weighted by Crippen LogP contribution is 2.51. The summed E-state index contributed by atoms with van der Waals surface area (Å²) in [5.41, 5.74) is 0. The molecule has 0 fully saturated rings. The summed E-state index contributed by atoms with van der Waals surface area (Å²) in [5.74, 6) is -0.604. The topological polar surface area (TPSA) is 71.1 Å². The van der Waals surface area contributed by atoms with Crippen molar-refractivity contribution in [2.45, 2.75) is 46.8 Å². The van der Waals surface area contributed by atoms with Crippen LogP contribution in [0.3, 0.4) is 0 Å². The SMILES string of the molecule is CCOC(=O)COP(=O)(OC(C)C)OC(C)C. The molecule has 0 spiro atoms. The van der Waals surface area contributed by atoms with Crippen LogP contribution in [-0.4, -0.2) is 31.4 Å². The molecule has 0 aromatic rings. The first-order valence-electron chi connectivity index (χ1n) is 5.56. The number of carbonyl (C=O) groups is 1. The van der Waals surface area contributed by atoms with E-state index < -0.39 is 20.4 Å². The first kappa shape index (κ1) is 16.6. The molecule has 0 heterocycles. The number of rotatable bonds is 8. The molecule has 102 valence electrons. The summed E-state index contributed by atoms with van der Waals surface area (Å²) in [5, 5.41) is 0. The van der Waals surface area contributed by atoms with Gasteiger partial charge in [0.2, 0.25) is 0 Å². The van der Waals surface area contributed by atoms with E-state index in [-0.39, 0.29) is 18.8 Å². The highest BCUT2D eigenvalue weighted by molar-refractivity contribution is 7.48. The maximum absolute atomic E-state index is 12.1. The summed E-state index contributed by atoms with van der Waals surface area (Å²) in [6.45, 7) is 8.25. The molecule has 0 unspecified atom stereocenters. The lowest BCUT2D eigenvalue weighted by Gasteiger charge is -2.21. The van der Waals surface area contributed by atoms with Gasteiger partial charge in [-0.2, -0.15) is 0 Å². The smallest absolute Gasteiger partial charge is 0.464 e. The fourth-order valence-corrected chi connectivity index (χ4v) is 2.40. The monoisotopic (exact) mass is 268 g/mol. The van der Waals surface area contributed by atoms with E-state index in [0.717, 1.165) is 0 Å². The van der Waals surface area contributed by atoms with Gasteiger partial charge in [-0.05, 0) is 34.6 Å². The van der Waals surface area contributed by atoms with Crippen molar-refractivity contribution in [1.29, 1.82) is 0 Å². The lowest BCUT2D eigenvalue weighted by molar-refractivity contribution is -0.146. The molecule has 0 rings (SSSR count). The number of ether oxygens (including phenoxy) is 1. The van der Waals surface area contributed by atoms with Crippen molar-refractivity contribution in [2.24, 2.45) is 0 Å². The Morgan fingerprint density at radius 1 is 1.12 bits per heavy atom. The molecule has 0 N–H and O–H groups in total. The third-order valence-electron chi connectivity index (χ3n) is 1.33. The zero-order valence-corrected chi connectivity index (χ0v) is 11.9. The summed E-state index contributed by atoms with van der Waals surface area (Å²) in [7, 11) is -3.71. The van der Waals surface area contributed by atoms with Gasteiger partial charge in [0, 0.05) is 0 Å². The average molecular weight is 268 g/mol. The van der Waals surface area contributed by atoms with Crippen LogP contribution in [0.4, 0.5) is 0 Å². The summed E-state index contributed by atoms with van der Waals surface area (Å²) < 4.78 is 31.8. The highest BCUT2D eigenvalue weighted by Gasteiger charge is 2.30. The second-order valence-electron chi connectivity index (χ2n) is 3.83. The molecule has 0 aliphatic rings. The van der Waals surface area contributed by atoms with Gasteiger partial charge in [0.05, 0.1) is 18.8 Å². The Bertz CT molecular complexity index is 262. The van der Waals surface area contributed by atoms with Gasteiger partial charge in [0.25, 0.3) is 0 Å². The molecule has 0 bridgehead atoms. The van der Waals surface area contributed by atoms with Crippen molar-refractivity contribution in [3.63, 3.8) is 0 Å². The number of hydrogen-bond acceptors (Lipinski definition) is 6. The number of esters is 1. The third kappa shape index (κ3) is 8.32. The predicted molar refractivity (Wildman–Crippen MR) is 62.6 cm³/mol. The highest BCUT2D eigenvalue weighted by atomic mass is 31.2.